The zero-order chi connectivity index (χ0) is 28.3. The Morgan fingerprint density at radius 2 is 1.97 bits per heavy atom. The van der Waals surface area contributed by atoms with Crippen LogP contribution in [0.5, 0.6) is 0 Å². The fourth-order valence-electron chi connectivity index (χ4n) is 5.34. The van der Waals surface area contributed by atoms with Crippen LogP contribution in [0.15, 0.2) is 24.3 Å². The second kappa shape index (κ2) is 15.3. The summed E-state index contributed by atoms with van der Waals surface area (Å²) in [6, 6.07) is 4.90. The molecule has 0 aliphatic carbocycles. The van der Waals surface area contributed by atoms with Gasteiger partial charge in [0, 0.05) is 51.4 Å². The van der Waals surface area contributed by atoms with Gasteiger partial charge in [-0.25, -0.2) is 9.59 Å². The van der Waals surface area contributed by atoms with Crippen molar-refractivity contribution in [1.82, 2.24) is 20.9 Å². The molecule has 0 aromatic heterocycles. The molecule has 2 heterocycles. The number of piperidine rings is 1. The van der Waals surface area contributed by atoms with E-state index in [4.69, 9.17) is 9.47 Å². The minimum absolute atomic E-state index is 0.0362. The number of nitrogens with zero attached hydrogens (tertiary/aromatic N) is 1. The van der Waals surface area contributed by atoms with Gasteiger partial charge in [0.1, 0.15) is 0 Å². The lowest BCUT2D eigenvalue weighted by atomic mass is 9.87. The second-order valence-corrected chi connectivity index (χ2v) is 10.2. The average molecular weight is 559 g/mol. The molecule has 12 heteroatoms. The summed E-state index contributed by atoms with van der Waals surface area (Å²) in [6.07, 6.45) is -1.59. The summed E-state index contributed by atoms with van der Waals surface area (Å²) in [5.74, 6) is 0.271. The van der Waals surface area contributed by atoms with Gasteiger partial charge in [0.25, 0.3) is 0 Å². The topological polar surface area (TPSA) is 101 Å². The molecule has 2 saturated heterocycles. The molecule has 0 spiro atoms. The van der Waals surface area contributed by atoms with Crippen molar-refractivity contribution in [3.05, 3.63) is 35.4 Å². The van der Waals surface area contributed by atoms with Crippen molar-refractivity contribution in [2.45, 2.75) is 50.4 Å². The zero-order valence-corrected chi connectivity index (χ0v) is 22.7. The molecule has 3 N–H and O–H groups in total. The van der Waals surface area contributed by atoms with Crippen LogP contribution in [0.25, 0.3) is 0 Å². The fraction of sp³-hybridized carbons (Fsp3) is 0.704. The smallest absolute Gasteiger partial charge is 0.416 e. The third-order valence-corrected chi connectivity index (χ3v) is 7.31. The number of carbonyl (C=O) groups excluding carboxylic acids is 2. The minimum Gasteiger partial charge on any atom is -0.453 e. The highest BCUT2D eigenvalue weighted by molar-refractivity contribution is 5.74. The van der Waals surface area contributed by atoms with E-state index < -0.39 is 23.9 Å². The Hall–Kier alpha value is -2.57. The van der Waals surface area contributed by atoms with Crippen LogP contribution in [0.3, 0.4) is 0 Å². The van der Waals surface area contributed by atoms with Crippen molar-refractivity contribution in [3.63, 3.8) is 0 Å². The van der Waals surface area contributed by atoms with E-state index >= 15 is 0 Å². The van der Waals surface area contributed by atoms with Gasteiger partial charge in [-0.2, -0.15) is 13.2 Å². The van der Waals surface area contributed by atoms with Crippen LogP contribution >= 0.6 is 0 Å². The monoisotopic (exact) mass is 558 g/mol. The van der Waals surface area contributed by atoms with E-state index in [1.807, 2.05) is 7.05 Å². The lowest BCUT2D eigenvalue weighted by Gasteiger charge is -2.38. The Kier molecular flexibility index (Phi) is 12.1. The summed E-state index contributed by atoms with van der Waals surface area (Å²) in [4.78, 5) is 26.4. The molecule has 3 amide bonds. The summed E-state index contributed by atoms with van der Waals surface area (Å²) in [7, 11) is 3.10. The van der Waals surface area contributed by atoms with E-state index in [1.165, 1.54) is 13.2 Å². The summed E-state index contributed by atoms with van der Waals surface area (Å²) in [5, 5.41) is 8.84. The first kappa shape index (κ1) is 31.0. The maximum absolute atomic E-state index is 13.5. The Balaban J connectivity index is 1.69. The molecular formula is C27H41F3N4O5. The highest BCUT2D eigenvalue weighted by Gasteiger charge is 2.35. The van der Waals surface area contributed by atoms with E-state index in [0.29, 0.717) is 44.0 Å². The molecule has 9 nitrogen and oxygen atoms in total. The number of hydrogen-bond donors (Lipinski definition) is 3. The quantitative estimate of drug-likeness (QED) is 0.356. The number of hydrogen-bond acceptors (Lipinski definition) is 6. The zero-order valence-electron chi connectivity index (χ0n) is 22.7. The van der Waals surface area contributed by atoms with Crippen LogP contribution in [0.1, 0.15) is 49.3 Å². The number of alkyl halides is 3. The van der Waals surface area contributed by atoms with Crippen molar-refractivity contribution < 1.29 is 37.0 Å². The Labute approximate surface area is 228 Å². The Bertz CT molecular complexity index is 914. The van der Waals surface area contributed by atoms with Crippen molar-refractivity contribution >= 4 is 12.1 Å². The van der Waals surface area contributed by atoms with Gasteiger partial charge in [0.2, 0.25) is 0 Å². The van der Waals surface area contributed by atoms with Crippen LogP contribution in [-0.4, -0.2) is 83.2 Å². The van der Waals surface area contributed by atoms with E-state index in [0.717, 1.165) is 44.6 Å². The largest absolute Gasteiger partial charge is 0.453 e. The van der Waals surface area contributed by atoms with Crippen LogP contribution in [0, 0.1) is 11.8 Å². The van der Waals surface area contributed by atoms with E-state index in [-0.39, 0.29) is 31.1 Å². The number of nitrogens with one attached hydrogen (secondary N) is 3. The predicted octanol–water partition coefficient (Wildman–Crippen LogP) is 3.95. The van der Waals surface area contributed by atoms with Gasteiger partial charge in [0.15, 0.2) is 0 Å². The molecule has 3 atom stereocenters. The Morgan fingerprint density at radius 3 is 2.67 bits per heavy atom. The second-order valence-electron chi connectivity index (χ2n) is 10.2. The number of rotatable bonds is 11. The van der Waals surface area contributed by atoms with Gasteiger partial charge in [-0.15, -0.1) is 0 Å². The maximum atomic E-state index is 13.5. The van der Waals surface area contributed by atoms with Gasteiger partial charge in [-0.3, -0.25) is 0 Å². The molecule has 3 rings (SSSR count). The molecule has 1 aromatic rings. The predicted molar refractivity (Wildman–Crippen MR) is 139 cm³/mol. The molecule has 2 fully saturated rings. The Morgan fingerprint density at radius 1 is 1.21 bits per heavy atom. The lowest BCUT2D eigenvalue weighted by Crippen LogP contribution is -2.52. The molecule has 0 saturated carbocycles. The summed E-state index contributed by atoms with van der Waals surface area (Å²) >= 11 is 0. The molecule has 220 valence electrons. The first-order valence-corrected chi connectivity index (χ1v) is 13.6. The number of carbonyl (C=O) groups is 2. The van der Waals surface area contributed by atoms with Crippen molar-refractivity contribution in [2.75, 3.05) is 60.2 Å². The van der Waals surface area contributed by atoms with Crippen LogP contribution in [0.4, 0.5) is 22.8 Å². The third-order valence-electron chi connectivity index (χ3n) is 7.31. The maximum Gasteiger partial charge on any atom is 0.416 e. The highest BCUT2D eigenvalue weighted by Crippen LogP contribution is 2.36. The van der Waals surface area contributed by atoms with Gasteiger partial charge < -0.3 is 35.1 Å². The van der Waals surface area contributed by atoms with E-state index in [2.05, 4.69) is 20.7 Å². The van der Waals surface area contributed by atoms with Crippen LogP contribution in [0.2, 0.25) is 0 Å². The number of methoxy groups -OCH3 is 1. The highest BCUT2D eigenvalue weighted by atomic mass is 19.4. The third kappa shape index (κ3) is 9.84. The number of halogens is 3. The van der Waals surface area contributed by atoms with E-state index in [9.17, 15) is 22.8 Å². The summed E-state index contributed by atoms with van der Waals surface area (Å²) in [6.45, 7) is 3.25. The number of benzene rings is 1. The molecule has 39 heavy (non-hydrogen) atoms. The molecule has 2 aliphatic heterocycles. The van der Waals surface area contributed by atoms with Crippen LogP contribution in [-0.2, 0) is 20.4 Å². The number of likely N-dealkylation sites (N-methyl/N-ethyl adjacent to an activating group) is 1. The first-order valence-electron chi connectivity index (χ1n) is 13.6. The first-order chi connectivity index (χ1) is 18.7. The number of urea groups is 1. The molecule has 0 radical (unpaired) electrons. The fourth-order valence-corrected chi connectivity index (χ4v) is 5.34. The summed E-state index contributed by atoms with van der Waals surface area (Å²) in [5.41, 5.74) is -0.363. The van der Waals surface area contributed by atoms with Gasteiger partial charge in [0.05, 0.1) is 25.4 Å². The molecular weight excluding hydrogens is 517 g/mol. The minimum atomic E-state index is -4.49. The van der Waals surface area contributed by atoms with Crippen LogP contribution < -0.4 is 16.0 Å². The number of likely N-dealkylation sites (tertiary alicyclic amines) is 1. The number of alkyl carbamates (subject to hydrolysis) is 1. The van der Waals surface area contributed by atoms with Gasteiger partial charge >= 0.3 is 18.3 Å². The van der Waals surface area contributed by atoms with Gasteiger partial charge in [-0.1, -0.05) is 12.1 Å². The van der Waals surface area contributed by atoms with Crippen molar-refractivity contribution in [1.29, 1.82) is 0 Å². The molecule has 0 unspecified atom stereocenters. The lowest BCUT2D eigenvalue weighted by molar-refractivity contribution is -0.137. The molecule has 0 bridgehead atoms. The van der Waals surface area contributed by atoms with Gasteiger partial charge in [-0.05, 0) is 62.8 Å². The normalized spacial score (nSPS) is 20.2. The SMILES string of the molecule is CNC[C@H](CC1CCOCC1)NC(=O)N1CCC[C@@H]([C@@H](OCCNC(=O)OC)c2cccc(C(F)(F)F)c2)C1. The average Bonchev–Trinajstić information content (AvgIpc) is 2.93. The molecule has 1 aromatic carbocycles. The number of ether oxygens (including phenoxy) is 3. The molecule has 2 aliphatic rings. The standard InChI is InChI=1S/C27H41F3N4O5/c1-31-17-23(15-19-8-12-38-13-9-19)33-25(35)34-11-4-6-21(18-34)24(39-14-10-32-26(36)37-2)20-5-3-7-22(16-20)27(28,29)30/h3,5,7,16,19,21,23-24,31H,4,6,8-15,17-18H2,1-2H3,(H,32,36)(H,33,35)/t21-,23+,24+/m1/s1. The van der Waals surface area contributed by atoms with Crippen molar-refractivity contribution in [2.24, 2.45) is 11.8 Å². The number of amides is 3. The summed E-state index contributed by atoms with van der Waals surface area (Å²) < 4.78 is 56.4. The van der Waals surface area contributed by atoms with E-state index in [1.54, 1.807) is 11.0 Å². The van der Waals surface area contributed by atoms with Crippen molar-refractivity contribution in [3.8, 4) is 0 Å².